The third-order valence-electron chi connectivity index (χ3n) is 3.53. The van der Waals surface area contributed by atoms with E-state index in [1.807, 2.05) is 0 Å². The molecule has 0 aliphatic heterocycles. The zero-order valence-corrected chi connectivity index (χ0v) is 16.5. The lowest BCUT2D eigenvalue weighted by Crippen LogP contribution is -2.18. The zero-order chi connectivity index (χ0) is 19.7. The summed E-state index contributed by atoms with van der Waals surface area (Å²) in [6, 6.07) is 7.60. The molecule has 0 spiro atoms. The van der Waals surface area contributed by atoms with Crippen LogP contribution in [0.5, 0.6) is 0 Å². The highest BCUT2D eigenvalue weighted by molar-refractivity contribution is 7.98. The lowest BCUT2D eigenvalue weighted by Gasteiger charge is -2.21. The van der Waals surface area contributed by atoms with Gasteiger partial charge in [-0.1, -0.05) is 50.0 Å². The fraction of sp³-hybridized carbons (Fsp3) is 0.333. The Morgan fingerprint density at radius 1 is 1.12 bits per heavy atom. The summed E-state index contributed by atoms with van der Waals surface area (Å²) in [6.07, 6.45) is -4.63. The van der Waals surface area contributed by atoms with Crippen molar-refractivity contribution in [1.29, 1.82) is 5.26 Å². The summed E-state index contributed by atoms with van der Waals surface area (Å²) in [7, 11) is 0. The Morgan fingerprint density at radius 3 is 2.27 bits per heavy atom. The van der Waals surface area contributed by atoms with Gasteiger partial charge >= 0.3 is 6.18 Å². The van der Waals surface area contributed by atoms with Crippen LogP contribution in [0.1, 0.15) is 43.2 Å². The van der Waals surface area contributed by atoms with E-state index in [9.17, 15) is 18.4 Å². The van der Waals surface area contributed by atoms with Crippen LogP contribution in [0.25, 0.3) is 0 Å². The molecule has 0 saturated carbocycles. The molecule has 1 heterocycles. The lowest BCUT2D eigenvalue weighted by atomic mass is 9.90. The molecule has 1 aromatic heterocycles. The number of hydrogen-bond donors (Lipinski definition) is 0. The number of benzene rings is 1. The average molecular weight is 419 g/mol. The molecule has 1 aromatic carbocycles. The minimum atomic E-state index is -4.63. The molecule has 0 atom stereocenters. The van der Waals surface area contributed by atoms with Crippen LogP contribution in [-0.4, -0.2) is 4.98 Å². The molecule has 0 radical (unpaired) electrons. The highest BCUT2D eigenvalue weighted by Crippen LogP contribution is 2.39. The molecule has 0 aliphatic rings. The Hall–Kier alpha value is -1.42. The third kappa shape index (κ3) is 4.85. The molecule has 2 rings (SSSR count). The topological polar surface area (TPSA) is 36.7 Å². The van der Waals surface area contributed by atoms with Crippen LogP contribution >= 0.6 is 35.0 Å². The van der Waals surface area contributed by atoms with Gasteiger partial charge in [0.05, 0.1) is 21.2 Å². The van der Waals surface area contributed by atoms with Crippen LogP contribution in [0.3, 0.4) is 0 Å². The summed E-state index contributed by atoms with van der Waals surface area (Å²) in [6.45, 7) is 5.32. The van der Waals surface area contributed by atoms with Gasteiger partial charge in [0.25, 0.3) is 0 Å². The Kier molecular flexibility index (Phi) is 6.17. The molecule has 0 aliphatic carbocycles. The summed E-state index contributed by atoms with van der Waals surface area (Å²) >= 11 is 12.9. The predicted octanol–water partition coefficient (Wildman–Crippen LogP) is 6.87. The molecule has 2 aromatic rings. The highest BCUT2D eigenvalue weighted by Gasteiger charge is 2.37. The third-order valence-corrected chi connectivity index (χ3v) is 5.32. The van der Waals surface area contributed by atoms with Crippen molar-refractivity contribution in [2.75, 3.05) is 0 Å². The van der Waals surface area contributed by atoms with Crippen LogP contribution in [0, 0.1) is 11.3 Å². The quantitative estimate of drug-likeness (QED) is 0.510. The smallest absolute Gasteiger partial charge is 0.245 e. The maximum absolute atomic E-state index is 13.4. The average Bonchev–Trinajstić information content (AvgIpc) is 2.53. The normalized spacial score (nSPS) is 12.1. The number of nitrogens with zero attached hydrogens (tertiary/aromatic N) is 2. The van der Waals surface area contributed by atoms with E-state index in [1.165, 1.54) is 0 Å². The van der Waals surface area contributed by atoms with E-state index in [4.69, 9.17) is 23.2 Å². The van der Waals surface area contributed by atoms with Gasteiger partial charge in [0.2, 0.25) is 0 Å². The zero-order valence-electron chi connectivity index (χ0n) is 14.2. The minimum absolute atomic E-state index is 0.0540. The van der Waals surface area contributed by atoms with Crippen LogP contribution in [0.4, 0.5) is 13.2 Å². The largest absolute Gasteiger partial charge is 0.417 e. The SMILES string of the molecule is CC(C)(C)c1cc(C(F)(F)F)c(C#N)c(SCc2ccc(Cl)c(Cl)c2)n1. The second-order valence-corrected chi connectivity index (χ2v) is 8.41. The van der Waals surface area contributed by atoms with E-state index in [-0.39, 0.29) is 10.7 Å². The predicted molar refractivity (Wildman–Crippen MR) is 98.7 cm³/mol. The standard InChI is InChI=1S/C18H15Cl2F3N2S/c1-17(2,3)15-7-12(18(21,22)23)11(8-24)16(25-15)26-9-10-4-5-13(19)14(20)6-10/h4-7H,9H2,1-3H3. The van der Waals surface area contributed by atoms with Gasteiger partial charge in [-0.2, -0.15) is 18.4 Å². The van der Waals surface area contributed by atoms with Gasteiger partial charge in [-0.05, 0) is 23.8 Å². The molecule has 138 valence electrons. The van der Waals surface area contributed by atoms with Crippen LogP contribution in [0.2, 0.25) is 10.0 Å². The van der Waals surface area contributed by atoms with Crippen molar-refractivity contribution in [2.45, 2.75) is 43.1 Å². The molecule has 2 nitrogen and oxygen atoms in total. The van der Waals surface area contributed by atoms with Gasteiger partial charge in [0.15, 0.2) is 0 Å². The monoisotopic (exact) mass is 418 g/mol. The van der Waals surface area contributed by atoms with Crippen molar-refractivity contribution < 1.29 is 13.2 Å². The Morgan fingerprint density at radius 2 is 1.77 bits per heavy atom. The minimum Gasteiger partial charge on any atom is -0.245 e. The van der Waals surface area contributed by atoms with Crippen molar-refractivity contribution >= 4 is 35.0 Å². The molecule has 8 heteroatoms. The number of thioether (sulfide) groups is 1. The Balaban J connectivity index is 2.48. The molecule has 0 N–H and O–H groups in total. The van der Waals surface area contributed by atoms with Gasteiger partial charge in [-0.15, -0.1) is 11.8 Å². The number of pyridine rings is 1. The summed E-state index contributed by atoms with van der Waals surface area (Å²) in [5.41, 5.74) is -0.968. The molecule has 0 bridgehead atoms. The molecule has 0 amide bonds. The highest BCUT2D eigenvalue weighted by atomic mass is 35.5. The first-order valence-corrected chi connectivity index (χ1v) is 9.27. The first kappa shape index (κ1) is 20.9. The fourth-order valence-corrected chi connectivity index (χ4v) is 3.39. The molecule has 0 saturated heterocycles. The van der Waals surface area contributed by atoms with E-state index >= 15 is 0 Å². The van der Waals surface area contributed by atoms with Gasteiger partial charge in [-0.25, -0.2) is 4.98 Å². The number of rotatable bonds is 3. The van der Waals surface area contributed by atoms with Crippen molar-refractivity contribution in [3.8, 4) is 6.07 Å². The molecule has 26 heavy (non-hydrogen) atoms. The maximum Gasteiger partial charge on any atom is 0.417 e. The van der Waals surface area contributed by atoms with Crippen molar-refractivity contribution in [1.82, 2.24) is 4.98 Å². The number of nitriles is 1. The number of alkyl halides is 3. The lowest BCUT2D eigenvalue weighted by molar-refractivity contribution is -0.138. The second kappa shape index (κ2) is 7.67. The summed E-state index contributed by atoms with van der Waals surface area (Å²) in [5, 5.41) is 10.1. The Labute approximate surface area is 164 Å². The fourth-order valence-electron chi connectivity index (χ4n) is 2.12. The first-order chi connectivity index (χ1) is 11.9. The van der Waals surface area contributed by atoms with Gasteiger partial charge in [0, 0.05) is 16.9 Å². The molecule has 0 unspecified atom stereocenters. The van der Waals surface area contributed by atoms with Gasteiger partial charge < -0.3 is 0 Å². The molecule has 0 fully saturated rings. The second-order valence-electron chi connectivity index (χ2n) is 6.63. The Bertz CT molecular complexity index is 868. The molecular formula is C18H15Cl2F3N2S. The summed E-state index contributed by atoms with van der Waals surface area (Å²) < 4.78 is 40.3. The van der Waals surface area contributed by atoms with Crippen molar-refractivity contribution in [2.24, 2.45) is 0 Å². The van der Waals surface area contributed by atoms with Gasteiger partial charge in [0.1, 0.15) is 11.1 Å². The number of hydrogen-bond acceptors (Lipinski definition) is 3. The first-order valence-electron chi connectivity index (χ1n) is 7.53. The van der Waals surface area contributed by atoms with Crippen LogP contribution in [0.15, 0.2) is 29.3 Å². The van der Waals surface area contributed by atoms with Crippen LogP contribution < -0.4 is 0 Å². The number of halogens is 5. The van der Waals surface area contributed by atoms with E-state index in [1.54, 1.807) is 45.0 Å². The summed E-state index contributed by atoms with van der Waals surface area (Å²) in [4.78, 5) is 4.33. The number of aromatic nitrogens is 1. The molecular weight excluding hydrogens is 404 g/mol. The van der Waals surface area contributed by atoms with Crippen molar-refractivity contribution in [3.05, 3.63) is 56.7 Å². The summed E-state index contributed by atoms with van der Waals surface area (Å²) in [5.74, 6) is 0.309. The van der Waals surface area contributed by atoms with Crippen LogP contribution in [-0.2, 0) is 17.3 Å². The van der Waals surface area contributed by atoms with E-state index in [2.05, 4.69) is 4.98 Å². The van der Waals surface area contributed by atoms with E-state index in [0.29, 0.717) is 15.8 Å². The van der Waals surface area contributed by atoms with E-state index in [0.717, 1.165) is 23.4 Å². The maximum atomic E-state index is 13.4. The van der Waals surface area contributed by atoms with Gasteiger partial charge in [-0.3, -0.25) is 0 Å². The van der Waals surface area contributed by atoms with Crippen molar-refractivity contribution in [3.63, 3.8) is 0 Å². The van der Waals surface area contributed by atoms with E-state index < -0.39 is 22.7 Å².